The molecule has 1 unspecified atom stereocenters. The summed E-state index contributed by atoms with van der Waals surface area (Å²) in [7, 11) is -4.64. The van der Waals surface area contributed by atoms with Crippen LogP contribution in [0.25, 0.3) is 0 Å². The number of likely N-dealkylation sites (tertiary alicyclic amines) is 1. The number of carbonyl (C=O) groups excluding carboxylic acids is 3. The van der Waals surface area contributed by atoms with Crippen LogP contribution >= 0.6 is 0 Å². The fourth-order valence-electron chi connectivity index (χ4n) is 3.16. The summed E-state index contributed by atoms with van der Waals surface area (Å²) in [4.78, 5) is 35.7. The zero-order valence-electron chi connectivity index (χ0n) is 16.7. The van der Waals surface area contributed by atoms with Crippen molar-refractivity contribution in [2.45, 2.75) is 95.6 Å². The number of hydrogen-bond donors (Lipinski definition) is 1. The molecule has 0 aliphatic carbocycles. The van der Waals surface area contributed by atoms with E-state index in [1.807, 2.05) is 0 Å². The van der Waals surface area contributed by atoms with Crippen molar-refractivity contribution in [3.05, 3.63) is 0 Å². The maximum Gasteiger partial charge on any atom is 0.307 e. The van der Waals surface area contributed by atoms with Crippen LogP contribution in [-0.4, -0.2) is 47.6 Å². The number of amides is 2. The average Bonchev–Trinajstić information content (AvgIpc) is 2.92. The van der Waals surface area contributed by atoms with Gasteiger partial charge < -0.3 is 4.74 Å². The first kappa shape index (κ1) is 24.6. The molecule has 0 radical (unpaired) electrons. The molecule has 1 aliphatic heterocycles. The Balaban J connectivity index is 2.07. The smallest absolute Gasteiger partial charge is 0.307 e. The van der Waals surface area contributed by atoms with Crippen molar-refractivity contribution >= 4 is 27.9 Å². The number of hydrogen-bond acceptors (Lipinski definition) is 6. The van der Waals surface area contributed by atoms with Gasteiger partial charge in [-0.3, -0.25) is 18.9 Å². The van der Waals surface area contributed by atoms with E-state index in [1.54, 1.807) is 0 Å². The molecule has 9 heteroatoms. The molecular weight excluding hydrogens is 386 g/mol. The maximum atomic E-state index is 11.8. The average molecular weight is 420 g/mol. The minimum absolute atomic E-state index is 0.189. The highest BCUT2D eigenvalue weighted by atomic mass is 32.2. The van der Waals surface area contributed by atoms with Gasteiger partial charge in [-0.25, -0.2) is 4.90 Å². The largest absolute Gasteiger partial charge is 0.444 e. The van der Waals surface area contributed by atoms with Crippen LogP contribution in [0.1, 0.15) is 90.4 Å². The molecule has 1 heterocycles. The lowest BCUT2D eigenvalue weighted by Gasteiger charge is -2.14. The van der Waals surface area contributed by atoms with Crippen LogP contribution in [-0.2, 0) is 29.2 Å². The predicted octanol–water partition coefficient (Wildman–Crippen LogP) is 3.20. The normalized spacial score (nSPS) is 17.4. The van der Waals surface area contributed by atoms with E-state index in [0.717, 1.165) is 19.3 Å². The third-order valence-corrected chi connectivity index (χ3v) is 5.99. The molecule has 0 aromatic rings. The molecule has 8 nitrogen and oxygen atoms in total. The Hall–Kier alpha value is -1.48. The van der Waals surface area contributed by atoms with Crippen molar-refractivity contribution in [3.63, 3.8) is 0 Å². The van der Waals surface area contributed by atoms with E-state index in [0.29, 0.717) is 11.3 Å². The molecule has 0 aromatic heterocycles. The molecule has 0 saturated carbocycles. The van der Waals surface area contributed by atoms with Gasteiger partial charge >= 0.3 is 5.97 Å². The van der Waals surface area contributed by atoms with Crippen LogP contribution in [0.3, 0.4) is 0 Å². The number of imide groups is 1. The lowest BCUT2D eigenvalue weighted by atomic mass is 10.1. The number of nitrogens with zero attached hydrogens (tertiary/aromatic N) is 1. The van der Waals surface area contributed by atoms with Crippen molar-refractivity contribution in [2.75, 3.05) is 6.73 Å². The van der Waals surface area contributed by atoms with Crippen LogP contribution in [0.15, 0.2) is 0 Å². The van der Waals surface area contributed by atoms with Crippen molar-refractivity contribution in [3.8, 4) is 0 Å². The van der Waals surface area contributed by atoms with E-state index >= 15 is 0 Å². The molecule has 1 atom stereocenters. The Kier molecular flexibility index (Phi) is 11.3. The number of ether oxygens (including phenoxy) is 1. The van der Waals surface area contributed by atoms with Crippen LogP contribution in [0.4, 0.5) is 0 Å². The highest BCUT2D eigenvalue weighted by Crippen LogP contribution is 2.19. The number of carbonyl (C=O) groups is 3. The molecule has 0 bridgehead atoms. The minimum Gasteiger partial charge on any atom is -0.444 e. The Bertz CT molecular complexity index is 618. The summed E-state index contributed by atoms with van der Waals surface area (Å²) in [6.07, 6.45) is 12.3. The highest BCUT2D eigenvalue weighted by Gasteiger charge is 2.46. The third-order valence-electron chi connectivity index (χ3n) is 4.90. The summed E-state index contributed by atoms with van der Waals surface area (Å²) in [6, 6.07) is 0. The second kappa shape index (κ2) is 12.9. The summed E-state index contributed by atoms with van der Waals surface area (Å²) < 4.78 is 35.9. The predicted molar refractivity (Wildman–Crippen MR) is 104 cm³/mol. The highest BCUT2D eigenvalue weighted by molar-refractivity contribution is 7.87. The Morgan fingerprint density at radius 2 is 1.50 bits per heavy atom. The zero-order chi connectivity index (χ0) is 21.0. The fourth-order valence-corrected chi connectivity index (χ4v) is 3.90. The number of unbranched alkanes of at least 4 members (excludes halogenated alkanes) is 10. The summed E-state index contributed by atoms with van der Waals surface area (Å²) in [5.41, 5.74) is 0. The van der Waals surface area contributed by atoms with Crippen molar-refractivity contribution in [1.82, 2.24) is 4.90 Å². The Labute approximate surface area is 167 Å². The van der Waals surface area contributed by atoms with Gasteiger partial charge in [0.25, 0.3) is 16.0 Å². The second-order valence-electron chi connectivity index (χ2n) is 7.30. The molecule has 162 valence electrons. The molecule has 28 heavy (non-hydrogen) atoms. The standard InChI is InChI=1S/C19H33NO7S/c1-2-3-4-5-6-7-8-9-10-11-12-13-18(22)27-15-20-17(21)14-16(19(20)23)28(24,25)26/h16H,2-15H2,1H3,(H,24,25,26). The van der Waals surface area contributed by atoms with E-state index in [-0.39, 0.29) is 6.42 Å². The molecule has 1 N–H and O–H groups in total. The molecule has 0 aromatic carbocycles. The summed E-state index contributed by atoms with van der Waals surface area (Å²) in [5, 5.41) is -1.80. The topological polar surface area (TPSA) is 118 Å². The van der Waals surface area contributed by atoms with E-state index in [1.165, 1.54) is 44.9 Å². The lowest BCUT2D eigenvalue weighted by Crippen LogP contribution is -2.37. The van der Waals surface area contributed by atoms with Gasteiger partial charge in [0.15, 0.2) is 12.0 Å². The molecule has 1 fully saturated rings. The summed E-state index contributed by atoms with van der Waals surface area (Å²) in [5.74, 6) is -2.38. The van der Waals surface area contributed by atoms with E-state index in [4.69, 9.17) is 9.29 Å². The fraction of sp³-hybridized carbons (Fsp3) is 0.842. The molecular formula is C19H33NO7S. The van der Waals surface area contributed by atoms with Crippen LogP contribution < -0.4 is 0 Å². The Morgan fingerprint density at radius 1 is 1.00 bits per heavy atom. The van der Waals surface area contributed by atoms with E-state index < -0.39 is 46.3 Å². The van der Waals surface area contributed by atoms with Gasteiger partial charge in [0, 0.05) is 6.42 Å². The molecule has 1 rings (SSSR count). The van der Waals surface area contributed by atoms with Crippen molar-refractivity contribution < 1.29 is 32.1 Å². The monoisotopic (exact) mass is 419 g/mol. The van der Waals surface area contributed by atoms with E-state index in [9.17, 15) is 22.8 Å². The van der Waals surface area contributed by atoms with Gasteiger partial charge in [0.1, 0.15) is 0 Å². The van der Waals surface area contributed by atoms with Gasteiger partial charge in [-0.2, -0.15) is 8.42 Å². The summed E-state index contributed by atoms with van der Waals surface area (Å²) in [6.45, 7) is 1.60. The quantitative estimate of drug-likeness (QED) is 0.187. The van der Waals surface area contributed by atoms with Gasteiger partial charge in [0.05, 0.1) is 6.42 Å². The zero-order valence-corrected chi connectivity index (χ0v) is 17.5. The van der Waals surface area contributed by atoms with E-state index in [2.05, 4.69) is 6.92 Å². The second-order valence-corrected chi connectivity index (χ2v) is 8.90. The van der Waals surface area contributed by atoms with Gasteiger partial charge in [-0.05, 0) is 6.42 Å². The maximum absolute atomic E-state index is 11.8. The first-order valence-electron chi connectivity index (χ1n) is 10.2. The molecule has 1 aliphatic rings. The lowest BCUT2D eigenvalue weighted by molar-refractivity contribution is -0.155. The Morgan fingerprint density at radius 3 is 1.96 bits per heavy atom. The van der Waals surface area contributed by atoms with Gasteiger partial charge in [-0.1, -0.05) is 71.1 Å². The molecule has 1 saturated heterocycles. The third kappa shape index (κ3) is 9.14. The number of esters is 1. The van der Waals surface area contributed by atoms with Crippen molar-refractivity contribution in [1.29, 1.82) is 0 Å². The molecule has 0 spiro atoms. The van der Waals surface area contributed by atoms with Gasteiger partial charge in [0.2, 0.25) is 5.91 Å². The first-order valence-corrected chi connectivity index (χ1v) is 11.7. The molecule has 2 amide bonds. The minimum atomic E-state index is -4.64. The summed E-state index contributed by atoms with van der Waals surface area (Å²) >= 11 is 0. The van der Waals surface area contributed by atoms with Crippen LogP contribution in [0.5, 0.6) is 0 Å². The van der Waals surface area contributed by atoms with Crippen LogP contribution in [0, 0.1) is 0 Å². The van der Waals surface area contributed by atoms with Crippen molar-refractivity contribution in [2.24, 2.45) is 0 Å². The van der Waals surface area contributed by atoms with Crippen LogP contribution in [0.2, 0.25) is 0 Å². The SMILES string of the molecule is CCCCCCCCCCCCCC(=O)OCN1C(=O)CC(S(=O)(=O)O)C1=O. The number of rotatable bonds is 15. The first-order chi connectivity index (χ1) is 13.3. The van der Waals surface area contributed by atoms with Gasteiger partial charge in [-0.15, -0.1) is 0 Å².